The summed E-state index contributed by atoms with van der Waals surface area (Å²) in [5.74, 6) is -0.493. The zero-order chi connectivity index (χ0) is 17.0. The first-order valence-electron chi connectivity index (χ1n) is 7.40. The van der Waals surface area contributed by atoms with E-state index in [1.54, 1.807) is 13.8 Å². The van der Waals surface area contributed by atoms with Crippen molar-refractivity contribution in [2.75, 3.05) is 32.8 Å². The molecule has 1 aromatic heterocycles. The van der Waals surface area contributed by atoms with Crippen molar-refractivity contribution in [3.8, 4) is 0 Å². The maximum absolute atomic E-state index is 12.5. The highest BCUT2D eigenvalue weighted by Gasteiger charge is 2.32. The molecule has 23 heavy (non-hydrogen) atoms. The van der Waals surface area contributed by atoms with Gasteiger partial charge in [-0.3, -0.25) is 19.6 Å². The molecule has 0 atom stereocenters. The van der Waals surface area contributed by atoms with Crippen LogP contribution in [-0.4, -0.2) is 69.3 Å². The lowest BCUT2D eigenvalue weighted by molar-refractivity contribution is -0.385. The van der Waals surface area contributed by atoms with E-state index >= 15 is 0 Å². The molecule has 2 rings (SSSR count). The molecule has 0 radical (unpaired) electrons. The maximum Gasteiger partial charge on any atom is 0.409 e. The maximum atomic E-state index is 12.5. The summed E-state index contributed by atoms with van der Waals surface area (Å²) in [5, 5.41) is 15.1. The number of aromatic nitrogens is 2. The predicted molar refractivity (Wildman–Crippen MR) is 79.1 cm³/mol. The van der Waals surface area contributed by atoms with E-state index in [0.29, 0.717) is 26.2 Å². The first-order chi connectivity index (χ1) is 11.0. The lowest BCUT2D eigenvalue weighted by Crippen LogP contribution is -2.50. The lowest BCUT2D eigenvalue weighted by atomic mass is 10.2. The quantitative estimate of drug-likeness (QED) is 0.596. The van der Waals surface area contributed by atoms with Crippen LogP contribution in [0.2, 0.25) is 0 Å². The van der Waals surface area contributed by atoms with E-state index in [2.05, 4.69) is 5.10 Å². The number of ether oxygens (including phenoxy) is 1. The molecule has 0 spiro atoms. The summed E-state index contributed by atoms with van der Waals surface area (Å²) in [5.41, 5.74) is -0.467. The summed E-state index contributed by atoms with van der Waals surface area (Å²) in [6.45, 7) is 5.45. The normalized spacial score (nSPS) is 14.7. The molecular weight excluding hydrogens is 306 g/mol. The summed E-state index contributed by atoms with van der Waals surface area (Å²) in [6.07, 6.45) is 0.836. The van der Waals surface area contributed by atoms with Gasteiger partial charge in [-0.1, -0.05) is 0 Å². The van der Waals surface area contributed by atoms with Crippen molar-refractivity contribution < 1.29 is 19.2 Å². The Morgan fingerprint density at radius 1 is 1.26 bits per heavy atom. The van der Waals surface area contributed by atoms with E-state index < -0.39 is 16.9 Å². The van der Waals surface area contributed by atoms with Gasteiger partial charge in [0.05, 0.1) is 11.5 Å². The molecule has 1 aliphatic heterocycles. The summed E-state index contributed by atoms with van der Waals surface area (Å²) in [6, 6.07) is 0. The summed E-state index contributed by atoms with van der Waals surface area (Å²) in [7, 11) is 0. The highest BCUT2D eigenvalue weighted by molar-refractivity contribution is 5.96. The molecule has 0 saturated carbocycles. The van der Waals surface area contributed by atoms with Gasteiger partial charge < -0.3 is 14.5 Å². The van der Waals surface area contributed by atoms with Crippen molar-refractivity contribution in [3.05, 3.63) is 22.0 Å². The third-order valence-electron chi connectivity index (χ3n) is 3.56. The Bertz CT molecular complexity index is 606. The molecule has 0 aliphatic carbocycles. The Balaban J connectivity index is 2.07. The minimum atomic E-state index is -0.610. The van der Waals surface area contributed by atoms with E-state index in [4.69, 9.17) is 4.74 Å². The van der Waals surface area contributed by atoms with Crippen molar-refractivity contribution in [2.24, 2.45) is 0 Å². The fourth-order valence-corrected chi connectivity index (χ4v) is 2.32. The van der Waals surface area contributed by atoms with Crippen LogP contribution < -0.4 is 0 Å². The molecule has 1 aliphatic rings. The van der Waals surface area contributed by atoms with Gasteiger partial charge in [-0.2, -0.15) is 5.10 Å². The van der Waals surface area contributed by atoms with Crippen molar-refractivity contribution in [1.82, 2.24) is 19.6 Å². The predicted octanol–water partition coefficient (Wildman–Crippen LogP) is 0.726. The standard InChI is InChI=1S/C13H19N5O5/c1-3-17-9-10(18(21)22)11(14-17)12(19)15-5-7-16(8-6-15)13(20)23-4-2/h9H,3-8H2,1-2H3. The van der Waals surface area contributed by atoms with Crippen LogP contribution in [0.3, 0.4) is 0 Å². The number of amides is 2. The first kappa shape index (κ1) is 16.7. The van der Waals surface area contributed by atoms with E-state index in [-0.39, 0.29) is 24.5 Å². The summed E-state index contributed by atoms with van der Waals surface area (Å²) >= 11 is 0. The zero-order valence-corrected chi connectivity index (χ0v) is 13.1. The average Bonchev–Trinajstić information content (AvgIpc) is 2.99. The fourth-order valence-electron chi connectivity index (χ4n) is 2.32. The van der Waals surface area contributed by atoms with E-state index in [9.17, 15) is 19.7 Å². The number of rotatable bonds is 4. The van der Waals surface area contributed by atoms with Crippen molar-refractivity contribution in [1.29, 1.82) is 0 Å². The highest BCUT2D eigenvalue weighted by Crippen LogP contribution is 2.19. The molecule has 2 amide bonds. The monoisotopic (exact) mass is 325 g/mol. The topological polar surface area (TPSA) is 111 Å². The van der Waals surface area contributed by atoms with Crippen LogP contribution in [0, 0.1) is 10.1 Å². The minimum absolute atomic E-state index is 0.165. The van der Waals surface area contributed by atoms with E-state index in [1.165, 1.54) is 20.7 Å². The van der Waals surface area contributed by atoms with Gasteiger partial charge in [-0.15, -0.1) is 0 Å². The summed E-state index contributed by atoms with van der Waals surface area (Å²) in [4.78, 5) is 37.5. The van der Waals surface area contributed by atoms with Crippen LogP contribution >= 0.6 is 0 Å². The minimum Gasteiger partial charge on any atom is -0.450 e. The fraction of sp³-hybridized carbons (Fsp3) is 0.615. The smallest absolute Gasteiger partial charge is 0.409 e. The Morgan fingerprint density at radius 3 is 2.39 bits per heavy atom. The molecule has 10 nitrogen and oxygen atoms in total. The van der Waals surface area contributed by atoms with Crippen LogP contribution in [0.4, 0.5) is 10.5 Å². The number of hydrogen-bond donors (Lipinski definition) is 0. The van der Waals surface area contributed by atoms with Gasteiger partial charge in [-0.25, -0.2) is 4.79 Å². The molecule has 0 N–H and O–H groups in total. The molecule has 1 saturated heterocycles. The molecule has 1 aromatic rings. The summed E-state index contributed by atoms with van der Waals surface area (Å²) < 4.78 is 6.27. The van der Waals surface area contributed by atoms with E-state index in [0.717, 1.165) is 0 Å². The van der Waals surface area contributed by atoms with Gasteiger partial charge in [0.1, 0.15) is 6.20 Å². The van der Waals surface area contributed by atoms with Crippen molar-refractivity contribution >= 4 is 17.7 Å². The van der Waals surface area contributed by atoms with Crippen molar-refractivity contribution in [2.45, 2.75) is 20.4 Å². The number of hydrogen-bond acceptors (Lipinski definition) is 6. The molecular formula is C13H19N5O5. The van der Waals surface area contributed by atoms with Gasteiger partial charge in [0, 0.05) is 32.7 Å². The molecule has 2 heterocycles. The average molecular weight is 325 g/mol. The van der Waals surface area contributed by atoms with Crippen LogP contribution in [0.15, 0.2) is 6.20 Å². The van der Waals surface area contributed by atoms with Crippen molar-refractivity contribution in [3.63, 3.8) is 0 Å². The molecule has 126 valence electrons. The number of aryl methyl sites for hydroxylation is 1. The highest BCUT2D eigenvalue weighted by atomic mass is 16.6. The second kappa shape index (κ2) is 7.07. The number of carbonyl (C=O) groups excluding carboxylic acids is 2. The zero-order valence-electron chi connectivity index (χ0n) is 13.1. The molecule has 0 aromatic carbocycles. The molecule has 0 bridgehead atoms. The number of nitrogens with zero attached hydrogens (tertiary/aromatic N) is 5. The van der Waals surface area contributed by atoms with Gasteiger partial charge in [-0.05, 0) is 13.8 Å². The third-order valence-corrected chi connectivity index (χ3v) is 3.56. The Hall–Kier alpha value is -2.65. The van der Waals surface area contributed by atoms with Gasteiger partial charge >= 0.3 is 11.8 Å². The first-order valence-corrected chi connectivity index (χ1v) is 7.40. The largest absolute Gasteiger partial charge is 0.450 e. The Morgan fingerprint density at radius 2 is 1.87 bits per heavy atom. The third kappa shape index (κ3) is 3.58. The molecule has 1 fully saturated rings. The van der Waals surface area contributed by atoms with E-state index in [1.807, 2.05) is 0 Å². The second-order valence-electron chi connectivity index (χ2n) is 4.95. The number of nitro groups is 1. The molecule has 0 unspecified atom stereocenters. The number of carbonyl (C=O) groups is 2. The van der Waals surface area contributed by atoms with Crippen LogP contribution in [0.25, 0.3) is 0 Å². The van der Waals surface area contributed by atoms with Crippen LogP contribution in [-0.2, 0) is 11.3 Å². The molecule has 10 heteroatoms. The van der Waals surface area contributed by atoms with Crippen LogP contribution in [0.5, 0.6) is 0 Å². The van der Waals surface area contributed by atoms with Gasteiger partial charge in [0.25, 0.3) is 5.91 Å². The van der Waals surface area contributed by atoms with Gasteiger partial charge in [0.2, 0.25) is 5.69 Å². The Labute approximate surface area is 132 Å². The Kier molecular flexibility index (Phi) is 5.14. The lowest BCUT2D eigenvalue weighted by Gasteiger charge is -2.33. The number of piperazine rings is 1. The van der Waals surface area contributed by atoms with Gasteiger partial charge in [0.15, 0.2) is 0 Å². The second-order valence-corrected chi connectivity index (χ2v) is 4.95. The van der Waals surface area contributed by atoms with Crippen LogP contribution in [0.1, 0.15) is 24.3 Å². The SMILES string of the molecule is CCOC(=O)N1CCN(C(=O)c2nn(CC)cc2[N+](=O)[O-])CC1.